The Bertz CT molecular complexity index is 523. The van der Waals surface area contributed by atoms with Gasteiger partial charge in [-0.3, -0.25) is 4.79 Å². The van der Waals surface area contributed by atoms with Gasteiger partial charge in [0.05, 0.1) is 0 Å². The molecule has 5 nitrogen and oxygen atoms in total. The summed E-state index contributed by atoms with van der Waals surface area (Å²) in [5.74, 6) is -0.0967. The van der Waals surface area contributed by atoms with E-state index in [4.69, 9.17) is 5.73 Å². The fourth-order valence-electron chi connectivity index (χ4n) is 2.30. The van der Waals surface area contributed by atoms with Crippen molar-refractivity contribution in [3.05, 3.63) is 35.9 Å². The average molecular weight is 329 g/mol. The quantitative estimate of drug-likeness (QED) is 0.918. The van der Waals surface area contributed by atoms with E-state index in [2.05, 4.69) is 10.0 Å². The van der Waals surface area contributed by atoms with Crippen molar-refractivity contribution in [2.24, 2.45) is 10.8 Å². The predicted octanol–water partition coefficient (Wildman–Crippen LogP) is 2.04. The summed E-state index contributed by atoms with van der Waals surface area (Å²) in [6.45, 7) is 2.37. The van der Waals surface area contributed by atoms with Gasteiger partial charge in [-0.2, -0.15) is 0 Å². The second-order valence-electron chi connectivity index (χ2n) is 5.07. The topological polar surface area (TPSA) is 61.9 Å². The fourth-order valence-corrected chi connectivity index (χ4v) is 3.47. The van der Waals surface area contributed by atoms with Gasteiger partial charge in [0.25, 0.3) is 0 Å². The lowest BCUT2D eigenvalue weighted by atomic mass is 10.0. The number of carbonyl (C=O) groups is 1. The van der Waals surface area contributed by atoms with Gasteiger partial charge in [-0.15, -0.1) is 17.5 Å². The number of rotatable bonds is 4. The number of nitrogens with two attached hydrogens (primary N) is 1. The zero-order chi connectivity index (χ0) is 14.8. The summed E-state index contributed by atoms with van der Waals surface area (Å²) in [7, 11) is 4.03. The number of nitrogens with zero attached hydrogens (tertiary/aromatic N) is 3. The monoisotopic (exact) mass is 328 g/mol. The molecular weight excluding hydrogens is 308 g/mol. The van der Waals surface area contributed by atoms with E-state index < -0.39 is 4.87 Å². The van der Waals surface area contributed by atoms with Gasteiger partial charge in [0.2, 0.25) is 5.91 Å². The first-order valence-electron chi connectivity index (χ1n) is 6.50. The van der Waals surface area contributed by atoms with Crippen LogP contribution in [-0.4, -0.2) is 41.6 Å². The van der Waals surface area contributed by atoms with Crippen LogP contribution in [0.5, 0.6) is 0 Å². The van der Waals surface area contributed by atoms with Gasteiger partial charge < -0.3 is 10.6 Å². The van der Waals surface area contributed by atoms with E-state index in [0.29, 0.717) is 5.17 Å². The molecule has 0 saturated carbocycles. The Morgan fingerprint density at radius 1 is 1.38 bits per heavy atom. The van der Waals surface area contributed by atoms with Crippen LogP contribution in [0, 0.1) is 0 Å². The molecule has 0 spiro atoms. The van der Waals surface area contributed by atoms with Gasteiger partial charge in [0.1, 0.15) is 4.87 Å². The molecule has 1 amide bonds. The predicted molar refractivity (Wildman–Crippen MR) is 90.3 cm³/mol. The maximum atomic E-state index is 12.0. The first-order chi connectivity index (χ1) is 9.45. The van der Waals surface area contributed by atoms with Gasteiger partial charge in [-0.25, -0.2) is 5.01 Å². The first-order valence-corrected chi connectivity index (χ1v) is 7.31. The number of hydrogen-bond acceptors (Lipinski definition) is 5. The van der Waals surface area contributed by atoms with Gasteiger partial charge in [0, 0.05) is 13.5 Å². The van der Waals surface area contributed by atoms with Crippen molar-refractivity contribution in [2.45, 2.75) is 18.2 Å². The number of thioether (sulfide) groups is 1. The maximum Gasteiger partial charge on any atom is 0.241 e. The maximum absolute atomic E-state index is 12.0. The van der Waals surface area contributed by atoms with Crippen LogP contribution < -0.4 is 5.73 Å². The highest BCUT2D eigenvalue weighted by atomic mass is 35.5. The minimum Gasteiger partial charge on any atom is -0.377 e. The van der Waals surface area contributed by atoms with E-state index in [9.17, 15) is 4.79 Å². The third-order valence-corrected chi connectivity index (χ3v) is 4.48. The van der Waals surface area contributed by atoms with Gasteiger partial charge in [-0.1, -0.05) is 42.1 Å². The van der Waals surface area contributed by atoms with E-state index in [1.54, 1.807) is 0 Å². The fraction of sp³-hybridized carbons (Fsp3) is 0.429. The largest absolute Gasteiger partial charge is 0.377 e. The Balaban J connectivity index is 0.00000220. The minimum absolute atomic E-state index is 0. The molecule has 116 valence electrons. The third kappa shape index (κ3) is 3.70. The SMILES string of the molecule is CC(=O)N1N=C(N)SC1(CCN(C)C)c1ccccc1.Cl. The van der Waals surface area contributed by atoms with Gasteiger partial charge in [-0.05, 0) is 26.1 Å². The Morgan fingerprint density at radius 2 is 2.00 bits per heavy atom. The number of amidine groups is 1. The van der Waals surface area contributed by atoms with E-state index >= 15 is 0 Å². The number of hydrazone groups is 1. The van der Waals surface area contributed by atoms with Gasteiger partial charge in [0.15, 0.2) is 5.17 Å². The lowest BCUT2D eigenvalue weighted by Crippen LogP contribution is -2.42. The molecule has 0 bridgehead atoms. The summed E-state index contributed by atoms with van der Waals surface area (Å²) >= 11 is 1.45. The van der Waals surface area contributed by atoms with Crippen LogP contribution in [0.3, 0.4) is 0 Å². The molecule has 2 N–H and O–H groups in total. The molecule has 21 heavy (non-hydrogen) atoms. The molecule has 1 aromatic carbocycles. The summed E-state index contributed by atoms with van der Waals surface area (Å²) in [6, 6.07) is 9.95. The van der Waals surface area contributed by atoms with Crippen LogP contribution in [0.4, 0.5) is 0 Å². The Hall–Kier alpha value is -1.24. The van der Waals surface area contributed by atoms with Crippen LogP contribution in [0.25, 0.3) is 0 Å². The molecule has 0 aliphatic carbocycles. The molecule has 7 heteroatoms. The van der Waals surface area contributed by atoms with Crippen molar-refractivity contribution in [1.82, 2.24) is 9.91 Å². The summed E-state index contributed by atoms with van der Waals surface area (Å²) in [6.07, 6.45) is 0.762. The van der Waals surface area contributed by atoms with E-state index in [-0.39, 0.29) is 18.3 Å². The molecular formula is C14H21ClN4OS. The second kappa shape index (κ2) is 7.15. The van der Waals surface area contributed by atoms with E-state index in [0.717, 1.165) is 18.5 Å². The molecule has 1 aliphatic heterocycles. The van der Waals surface area contributed by atoms with Crippen LogP contribution >= 0.6 is 24.2 Å². The molecule has 1 heterocycles. The van der Waals surface area contributed by atoms with Crippen LogP contribution in [0.15, 0.2) is 35.4 Å². The molecule has 1 atom stereocenters. The summed E-state index contributed by atoms with van der Waals surface area (Å²) in [5.41, 5.74) is 6.94. The smallest absolute Gasteiger partial charge is 0.241 e. The van der Waals surface area contributed by atoms with Crippen LogP contribution in [-0.2, 0) is 9.67 Å². The molecule has 2 rings (SSSR count). The van der Waals surface area contributed by atoms with E-state index in [1.807, 2.05) is 44.4 Å². The van der Waals surface area contributed by atoms with Crippen molar-refractivity contribution in [3.63, 3.8) is 0 Å². The van der Waals surface area contributed by atoms with Crippen molar-refractivity contribution in [2.75, 3.05) is 20.6 Å². The Kier molecular flexibility index (Phi) is 6.07. The number of amides is 1. The van der Waals surface area contributed by atoms with Crippen molar-refractivity contribution < 1.29 is 4.79 Å². The highest BCUT2D eigenvalue weighted by Gasteiger charge is 2.46. The zero-order valence-corrected chi connectivity index (χ0v) is 14.1. The molecule has 1 aliphatic rings. The van der Waals surface area contributed by atoms with Crippen molar-refractivity contribution in [3.8, 4) is 0 Å². The molecule has 1 aromatic rings. The lowest BCUT2D eigenvalue weighted by molar-refractivity contribution is -0.132. The highest BCUT2D eigenvalue weighted by molar-refractivity contribution is 8.14. The number of carbonyl (C=O) groups excluding carboxylic acids is 1. The minimum atomic E-state index is -0.540. The van der Waals surface area contributed by atoms with Gasteiger partial charge >= 0.3 is 0 Å². The summed E-state index contributed by atoms with van der Waals surface area (Å²) < 4.78 is 0. The van der Waals surface area contributed by atoms with E-state index in [1.165, 1.54) is 23.7 Å². The summed E-state index contributed by atoms with van der Waals surface area (Å²) in [4.78, 5) is 13.5. The van der Waals surface area contributed by atoms with Crippen LogP contribution in [0.2, 0.25) is 0 Å². The van der Waals surface area contributed by atoms with Crippen molar-refractivity contribution in [1.29, 1.82) is 0 Å². The first kappa shape index (κ1) is 17.8. The number of hydrogen-bond donors (Lipinski definition) is 1. The number of halogens is 1. The Labute approximate surface area is 136 Å². The average Bonchev–Trinajstić information content (AvgIpc) is 2.76. The van der Waals surface area contributed by atoms with Crippen molar-refractivity contribution >= 4 is 35.2 Å². The zero-order valence-electron chi connectivity index (χ0n) is 12.4. The summed E-state index contributed by atoms with van der Waals surface area (Å²) in [5, 5.41) is 6.17. The highest BCUT2D eigenvalue weighted by Crippen LogP contribution is 2.47. The molecule has 0 fully saturated rings. The molecule has 0 saturated heterocycles. The standard InChI is InChI=1S/C14H20N4OS.ClH/c1-11(19)18-14(9-10-17(2)3,20-13(15)16-18)12-7-5-4-6-8-12;/h4-8H,9-10H2,1-3H3,(H2,15,16);1H. The molecule has 0 radical (unpaired) electrons. The molecule has 1 unspecified atom stereocenters. The Morgan fingerprint density at radius 3 is 2.52 bits per heavy atom. The third-order valence-electron chi connectivity index (χ3n) is 3.24. The lowest BCUT2D eigenvalue weighted by Gasteiger charge is -2.35. The second-order valence-corrected chi connectivity index (χ2v) is 6.37. The van der Waals surface area contributed by atoms with Crippen LogP contribution in [0.1, 0.15) is 18.9 Å². The normalized spacial score (nSPS) is 21.1. The molecule has 0 aromatic heterocycles. The number of benzene rings is 1.